The van der Waals surface area contributed by atoms with Gasteiger partial charge in [0.15, 0.2) is 0 Å². The number of unbranched alkanes of at least 4 members (excludes halogenated alkanes) is 9. The molecule has 0 aromatic carbocycles. The quantitative estimate of drug-likeness (QED) is 0.192. The average molecular weight is 351 g/mol. The predicted molar refractivity (Wildman–Crippen MR) is 117 cm³/mol. The normalized spacial score (nSPS) is 15.2. The number of hydrogen-bond acceptors (Lipinski definition) is 0. The summed E-state index contributed by atoms with van der Waals surface area (Å²) in [5.74, 6) is 1.86. The molecule has 0 heteroatoms. The Labute approximate surface area is 161 Å². The molecule has 0 N–H and O–H groups in total. The molecule has 0 spiro atoms. The Balaban J connectivity index is 0.00000277. The summed E-state index contributed by atoms with van der Waals surface area (Å²) < 4.78 is 0. The van der Waals surface area contributed by atoms with Crippen molar-refractivity contribution in [3.8, 4) is 0 Å². The maximum Gasteiger partial charge on any atom is -0.0206 e. The molecular formula is C25H50. The standard InChI is InChI=1S/C23H44.C2H6/c1-4-5-6-7-9-12-16-21(2)17-13-10-8-11-14-18-22(3)23-19-15-20-23;1-2/h21,23H,3-20H2,1-2H3;1-2H3. The number of rotatable bonds is 16. The molecule has 1 unspecified atom stereocenters. The summed E-state index contributed by atoms with van der Waals surface area (Å²) in [6.07, 6.45) is 24.4. The van der Waals surface area contributed by atoms with Crippen molar-refractivity contribution < 1.29 is 0 Å². The molecule has 0 saturated heterocycles. The zero-order valence-electron chi connectivity index (χ0n) is 18.4. The number of allylic oxidation sites excluding steroid dienone is 1. The van der Waals surface area contributed by atoms with Crippen LogP contribution in [0.2, 0.25) is 0 Å². The summed E-state index contributed by atoms with van der Waals surface area (Å²) in [4.78, 5) is 0. The minimum Gasteiger partial charge on any atom is -0.0996 e. The monoisotopic (exact) mass is 350 g/mol. The van der Waals surface area contributed by atoms with Crippen LogP contribution in [0.15, 0.2) is 12.2 Å². The van der Waals surface area contributed by atoms with Crippen molar-refractivity contribution in [1.29, 1.82) is 0 Å². The second-order valence-electron chi connectivity index (χ2n) is 8.25. The van der Waals surface area contributed by atoms with Crippen molar-refractivity contribution in [3.63, 3.8) is 0 Å². The van der Waals surface area contributed by atoms with Crippen LogP contribution in [0.1, 0.15) is 137 Å². The van der Waals surface area contributed by atoms with E-state index in [1.54, 1.807) is 5.57 Å². The van der Waals surface area contributed by atoms with Gasteiger partial charge in [0, 0.05) is 0 Å². The third-order valence-electron chi connectivity index (χ3n) is 5.93. The van der Waals surface area contributed by atoms with Gasteiger partial charge in [-0.05, 0) is 37.5 Å². The van der Waals surface area contributed by atoms with Crippen molar-refractivity contribution in [2.45, 2.75) is 137 Å². The summed E-state index contributed by atoms with van der Waals surface area (Å²) in [5, 5.41) is 0. The van der Waals surface area contributed by atoms with Crippen LogP contribution in [-0.2, 0) is 0 Å². The summed E-state index contributed by atoms with van der Waals surface area (Å²) in [7, 11) is 0. The summed E-state index contributed by atoms with van der Waals surface area (Å²) in [6.45, 7) is 13.1. The Kier molecular flexibility index (Phi) is 18.3. The third kappa shape index (κ3) is 14.6. The molecule has 1 aliphatic carbocycles. The molecule has 0 radical (unpaired) electrons. The van der Waals surface area contributed by atoms with E-state index >= 15 is 0 Å². The maximum atomic E-state index is 4.29. The van der Waals surface area contributed by atoms with Crippen LogP contribution < -0.4 is 0 Å². The molecule has 1 aliphatic rings. The topological polar surface area (TPSA) is 0 Å². The molecule has 25 heavy (non-hydrogen) atoms. The summed E-state index contributed by atoms with van der Waals surface area (Å²) in [5.41, 5.74) is 1.56. The first-order chi connectivity index (χ1) is 12.2. The molecule has 1 atom stereocenters. The molecule has 0 bridgehead atoms. The van der Waals surface area contributed by atoms with E-state index in [1.165, 1.54) is 109 Å². The molecule has 1 rings (SSSR count). The first kappa shape index (κ1) is 24.7. The van der Waals surface area contributed by atoms with E-state index in [2.05, 4.69) is 20.4 Å². The highest BCUT2D eigenvalue weighted by Crippen LogP contribution is 2.34. The fraction of sp³-hybridized carbons (Fsp3) is 0.920. The lowest BCUT2D eigenvalue weighted by atomic mass is 9.78. The van der Waals surface area contributed by atoms with Crippen molar-refractivity contribution >= 4 is 0 Å². The molecule has 0 aromatic heterocycles. The fourth-order valence-corrected chi connectivity index (χ4v) is 3.81. The Hall–Kier alpha value is -0.260. The summed E-state index contributed by atoms with van der Waals surface area (Å²) >= 11 is 0. The van der Waals surface area contributed by atoms with E-state index in [1.807, 2.05) is 13.8 Å². The molecular weight excluding hydrogens is 300 g/mol. The van der Waals surface area contributed by atoms with Crippen LogP contribution in [0.3, 0.4) is 0 Å². The second-order valence-corrected chi connectivity index (χ2v) is 8.25. The summed E-state index contributed by atoms with van der Waals surface area (Å²) in [6, 6.07) is 0. The Morgan fingerprint density at radius 1 is 0.800 bits per heavy atom. The van der Waals surface area contributed by atoms with Crippen molar-refractivity contribution in [2.24, 2.45) is 11.8 Å². The first-order valence-electron chi connectivity index (χ1n) is 11.9. The minimum absolute atomic E-state index is 0.901. The lowest BCUT2D eigenvalue weighted by Gasteiger charge is -2.27. The van der Waals surface area contributed by atoms with Crippen LogP contribution in [0.5, 0.6) is 0 Å². The van der Waals surface area contributed by atoms with Crippen molar-refractivity contribution in [1.82, 2.24) is 0 Å². The van der Waals surface area contributed by atoms with Gasteiger partial charge in [-0.25, -0.2) is 0 Å². The number of hydrogen-bond donors (Lipinski definition) is 0. The van der Waals surface area contributed by atoms with Gasteiger partial charge in [0.2, 0.25) is 0 Å². The SMILES string of the molecule is C=C(CCCCCCCC(C)CCCCCCCC)C1CCC1.CC. The highest BCUT2D eigenvalue weighted by molar-refractivity contribution is 5.03. The highest BCUT2D eigenvalue weighted by atomic mass is 14.2. The van der Waals surface area contributed by atoms with E-state index in [0.717, 1.165) is 11.8 Å². The van der Waals surface area contributed by atoms with Gasteiger partial charge < -0.3 is 0 Å². The lowest BCUT2D eigenvalue weighted by molar-refractivity contribution is 0.357. The molecule has 0 aromatic rings. The van der Waals surface area contributed by atoms with Gasteiger partial charge in [-0.1, -0.05) is 123 Å². The van der Waals surface area contributed by atoms with Gasteiger partial charge in [0.25, 0.3) is 0 Å². The van der Waals surface area contributed by atoms with Gasteiger partial charge in [-0.2, -0.15) is 0 Å². The molecule has 0 heterocycles. The van der Waals surface area contributed by atoms with Gasteiger partial charge >= 0.3 is 0 Å². The van der Waals surface area contributed by atoms with Crippen molar-refractivity contribution in [2.75, 3.05) is 0 Å². The van der Waals surface area contributed by atoms with E-state index in [0.29, 0.717) is 0 Å². The van der Waals surface area contributed by atoms with E-state index in [4.69, 9.17) is 0 Å². The Morgan fingerprint density at radius 3 is 1.76 bits per heavy atom. The van der Waals surface area contributed by atoms with E-state index in [9.17, 15) is 0 Å². The van der Waals surface area contributed by atoms with Crippen LogP contribution in [-0.4, -0.2) is 0 Å². The van der Waals surface area contributed by atoms with Gasteiger partial charge in [0.05, 0.1) is 0 Å². The van der Waals surface area contributed by atoms with Crippen molar-refractivity contribution in [3.05, 3.63) is 12.2 Å². The van der Waals surface area contributed by atoms with E-state index < -0.39 is 0 Å². The van der Waals surface area contributed by atoms with Crippen LogP contribution >= 0.6 is 0 Å². The molecule has 150 valence electrons. The average Bonchev–Trinajstić information content (AvgIpc) is 2.57. The van der Waals surface area contributed by atoms with Gasteiger partial charge in [0.1, 0.15) is 0 Å². The Bertz CT molecular complexity index is 274. The van der Waals surface area contributed by atoms with Gasteiger partial charge in [-0.15, -0.1) is 0 Å². The van der Waals surface area contributed by atoms with E-state index in [-0.39, 0.29) is 0 Å². The van der Waals surface area contributed by atoms with Crippen LogP contribution in [0.25, 0.3) is 0 Å². The lowest BCUT2D eigenvalue weighted by Crippen LogP contribution is -2.12. The molecule has 1 saturated carbocycles. The smallest absolute Gasteiger partial charge is 0.0206 e. The third-order valence-corrected chi connectivity index (χ3v) is 5.93. The minimum atomic E-state index is 0.901. The van der Waals surface area contributed by atoms with Crippen LogP contribution in [0.4, 0.5) is 0 Å². The molecule has 0 amide bonds. The van der Waals surface area contributed by atoms with Crippen LogP contribution in [0, 0.1) is 11.8 Å². The van der Waals surface area contributed by atoms with Gasteiger partial charge in [-0.3, -0.25) is 0 Å². The molecule has 0 nitrogen and oxygen atoms in total. The first-order valence-corrected chi connectivity index (χ1v) is 11.9. The molecule has 1 fully saturated rings. The Morgan fingerprint density at radius 2 is 1.28 bits per heavy atom. The predicted octanol–water partition coefficient (Wildman–Crippen LogP) is 9.49. The largest absolute Gasteiger partial charge is 0.0996 e. The highest BCUT2D eigenvalue weighted by Gasteiger charge is 2.19. The fourth-order valence-electron chi connectivity index (χ4n) is 3.81. The maximum absolute atomic E-state index is 4.29. The zero-order chi connectivity index (χ0) is 18.8. The molecule has 0 aliphatic heterocycles. The second kappa shape index (κ2) is 18.5. The zero-order valence-corrected chi connectivity index (χ0v) is 18.4.